The fourth-order valence-electron chi connectivity index (χ4n) is 2.64. The van der Waals surface area contributed by atoms with Gasteiger partial charge in [-0.3, -0.25) is 0 Å². The van der Waals surface area contributed by atoms with Gasteiger partial charge in [0.05, 0.1) is 16.7 Å². The van der Waals surface area contributed by atoms with Crippen LogP contribution >= 0.6 is 23.4 Å². The van der Waals surface area contributed by atoms with Crippen molar-refractivity contribution in [3.8, 4) is 17.2 Å². The molecule has 0 bridgehead atoms. The molecule has 0 aliphatic carbocycles. The zero-order valence-corrected chi connectivity index (χ0v) is 16.7. The van der Waals surface area contributed by atoms with Crippen LogP contribution in [0.15, 0.2) is 76.5 Å². The summed E-state index contributed by atoms with van der Waals surface area (Å²) in [5.74, 6) is 0. The van der Waals surface area contributed by atoms with Gasteiger partial charge < -0.3 is 5.11 Å². The second-order valence-electron chi connectivity index (χ2n) is 6.53. The molecule has 1 unspecified atom stereocenters. The lowest BCUT2D eigenvalue weighted by Crippen LogP contribution is -2.39. The van der Waals surface area contributed by atoms with E-state index in [-0.39, 0.29) is 5.56 Å². The number of hydrogen-bond acceptors (Lipinski definition) is 3. The van der Waals surface area contributed by atoms with Crippen molar-refractivity contribution in [3.63, 3.8) is 0 Å². The van der Waals surface area contributed by atoms with E-state index in [4.69, 9.17) is 16.9 Å². The number of nitriles is 1. The van der Waals surface area contributed by atoms with Gasteiger partial charge in [-0.05, 0) is 60.0 Å². The Morgan fingerprint density at radius 2 is 1.52 bits per heavy atom. The predicted molar refractivity (Wildman–Crippen MR) is 108 cm³/mol. The van der Waals surface area contributed by atoms with Gasteiger partial charge in [-0.15, -0.1) is 0 Å². The SMILES string of the molecule is CC(O)(c1ccc(Sc2ccc(-c3ccc(C#N)cc3)cc2Cl)cc1)C(F)(F)F. The van der Waals surface area contributed by atoms with Gasteiger partial charge in [0.25, 0.3) is 0 Å². The Morgan fingerprint density at radius 3 is 2.03 bits per heavy atom. The van der Waals surface area contributed by atoms with Gasteiger partial charge in [-0.2, -0.15) is 18.4 Å². The highest BCUT2D eigenvalue weighted by Crippen LogP contribution is 2.40. The van der Waals surface area contributed by atoms with E-state index >= 15 is 0 Å². The van der Waals surface area contributed by atoms with Crippen molar-refractivity contribution < 1.29 is 18.3 Å². The van der Waals surface area contributed by atoms with Crippen LogP contribution in [0.25, 0.3) is 11.1 Å². The lowest BCUT2D eigenvalue weighted by Gasteiger charge is -2.26. The van der Waals surface area contributed by atoms with Crippen LogP contribution < -0.4 is 0 Å². The summed E-state index contributed by atoms with van der Waals surface area (Å²) in [4.78, 5) is 1.44. The summed E-state index contributed by atoms with van der Waals surface area (Å²) in [7, 11) is 0. The van der Waals surface area contributed by atoms with Crippen LogP contribution in [0.2, 0.25) is 5.02 Å². The maximum absolute atomic E-state index is 13.0. The lowest BCUT2D eigenvalue weighted by atomic mass is 9.96. The molecule has 0 aliphatic rings. The third-order valence-electron chi connectivity index (χ3n) is 4.48. The molecule has 148 valence electrons. The highest BCUT2D eigenvalue weighted by molar-refractivity contribution is 7.99. The highest BCUT2D eigenvalue weighted by Gasteiger charge is 2.51. The number of aliphatic hydroxyl groups is 1. The maximum atomic E-state index is 13.0. The van der Waals surface area contributed by atoms with Crippen LogP contribution in [0.4, 0.5) is 13.2 Å². The van der Waals surface area contributed by atoms with Crippen molar-refractivity contribution in [2.24, 2.45) is 0 Å². The molecule has 0 aliphatic heterocycles. The van der Waals surface area contributed by atoms with Gasteiger partial charge in [0, 0.05) is 9.79 Å². The monoisotopic (exact) mass is 433 g/mol. The van der Waals surface area contributed by atoms with Crippen LogP contribution in [0, 0.1) is 11.3 Å². The van der Waals surface area contributed by atoms with Crippen molar-refractivity contribution in [3.05, 3.63) is 82.9 Å². The fraction of sp³-hybridized carbons (Fsp3) is 0.136. The van der Waals surface area contributed by atoms with Crippen molar-refractivity contribution in [2.45, 2.75) is 28.5 Å². The lowest BCUT2D eigenvalue weighted by molar-refractivity contribution is -0.258. The summed E-state index contributed by atoms with van der Waals surface area (Å²) in [6.07, 6.45) is -4.76. The molecule has 0 spiro atoms. The minimum Gasteiger partial charge on any atom is -0.376 e. The first-order valence-electron chi connectivity index (χ1n) is 8.49. The number of halogens is 4. The van der Waals surface area contributed by atoms with Crippen molar-refractivity contribution in [2.75, 3.05) is 0 Å². The van der Waals surface area contributed by atoms with Crippen LogP contribution in [0.1, 0.15) is 18.1 Å². The van der Waals surface area contributed by atoms with Crippen LogP contribution in [-0.2, 0) is 5.60 Å². The second kappa shape index (κ2) is 8.11. The average Bonchev–Trinajstić information content (AvgIpc) is 2.69. The molecular weight excluding hydrogens is 419 g/mol. The molecule has 0 saturated carbocycles. The molecular formula is C22H15ClF3NOS. The first kappa shape index (κ1) is 21.3. The molecule has 7 heteroatoms. The van der Waals surface area contributed by atoms with E-state index < -0.39 is 11.8 Å². The summed E-state index contributed by atoms with van der Waals surface area (Å²) in [6, 6.07) is 20.3. The van der Waals surface area contributed by atoms with E-state index in [1.54, 1.807) is 18.2 Å². The average molecular weight is 434 g/mol. The number of rotatable bonds is 4. The number of alkyl halides is 3. The van der Waals surface area contributed by atoms with E-state index in [2.05, 4.69) is 6.07 Å². The highest BCUT2D eigenvalue weighted by atomic mass is 35.5. The summed E-state index contributed by atoms with van der Waals surface area (Å²) in [5, 5.41) is 19.1. The van der Waals surface area contributed by atoms with Gasteiger partial charge in [-0.25, -0.2) is 0 Å². The molecule has 0 aromatic heterocycles. The zero-order valence-electron chi connectivity index (χ0n) is 15.2. The molecule has 0 heterocycles. The van der Waals surface area contributed by atoms with E-state index in [1.807, 2.05) is 24.3 Å². The topological polar surface area (TPSA) is 44.0 Å². The summed E-state index contributed by atoms with van der Waals surface area (Å²) in [5.41, 5.74) is -0.755. The first-order valence-corrected chi connectivity index (χ1v) is 9.69. The van der Waals surface area contributed by atoms with Gasteiger partial charge in [-0.1, -0.05) is 53.7 Å². The summed E-state index contributed by atoms with van der Waals surface area (Å²) >= 11 is 7.70. The molecule has 0 saturated heterocycles. The summed E-state index contributed by atoms with van der Waals surface area (Å²) in [6.45, 7) is 0.730. The smallest absolute Gasteiger partial charge is 0.376 e. The third-order valence-corrected chi connectivity index (χ3v) is 5.98. The van der Waals surface area contributed by atoms with Gasteiger partial charge in [0.1, 0.15) is 0 Å². The molecule has 29 heavy (non-hydrogen) atoms. The molecule has 0 fully saturated rings. The molecule has 0 radical (unpaired) electrons. The van der Waals surface area contributed by atoms with Crippen LogP contribution in [0.3, 0.4) is 0 Å². The largest absolute Gasteiger partial charge is 0.421 e. The molecule has 2 nitrogen and oxygen atoms in total. The Balaban J connectivity index is 1.79. The molecule has 1 N–H and O–H groups in total. The number of benzene rings is 3. The summed E-state index contributed by atoms with van der Waals surface area (Å²) < 4.78 is 38.9. The van der Waals surface area contributed by atoms with Crippen molar-refractivity contribution >= 4 is 23.4 Å². The Hall–Kier alpha value is -2.46. The van der Waals surface area contributed by atoms with Gasteiger partial charge in [0.2, 0.25) is 0 Å². The fourth-order valence-corrected chi connectivity index (χ4v) is 3.75. The normalized spacial score (nSPS) is 13.6. The predicted octanol–water partition coefficient (Wildman–Crippen LogP) is 6.80. The standard InChI is InChI=1S/C22H15ClF3NOS/c1-21(28,22(24,25)26)17-7-9-18(10-8-17)29-20-11-6-16(12-19(20)23)15-4-2-14(13-27)3-5-15/h2-12,28H,1H3. The minimum atomic E-state index is -4.76. The molecule has 3 aromatic rings. The minimum absolute atomic E-state index is 0.225. The zero-order chi connectivity index (χ0) is 21.2. The van der Waals surface area contributed by atoms with Crippen LogP contribution in [0.5, 0.6) is 0 Å². The Kier molecular flexibility index (Phi) is 5.95. The van der Waals surface area contributed by atoms with E-state index in [0.29, 0.717) is 15.5 Å². The molecule has 3 aromatic carbocycles. The quantitative estimate of drug-likeness (QED) is 0.492. The van der Waals surface area contributed by atoms with Crippen LogP contribution in [-0.4, -0.2) is 11.3 Å². The van der Waals surface area contributed by atoms with E-state index in [0.717, 1.165) is 22.9 Å². The third kappa shape index (κ3) is 4.59. The van der Waals surface area contributed by atoms with Crippen molar-refractivity contribution in [1.82, 2.24) is 0 Å². The van der Waals surface area contributed by atoms with E-state index in [1.165, 1.54) is 36.0 Å². The molecule has 0 amide bonds. The second-order valence-corrected chi connectivity index (χ2v) is 8.05. The van der Waals surface area contributed by atoms with Crippen molar-refractivity contribution in [1.29, 1.82) is 5.26 Å². The van der Waals surface area contributed by atoms with Gasteiger partial charge in [0.15, 0.2) is 5.60 Å². The Bertz CT molecular complexity index is 1060. The van der Waals surface area contributed by atoms with Gasteiger partial charge >= 0.3 is 6.18 Å². The molecule has 3 rings (SSSR count). The van der Waals surface area contributed by atoms with E-state index in [9.17, 15) is 18.3 Å². The Morgan fingerprint density at radius 1 is 0.931 bits per heavy atom. The first-order chi connectivity index (χ1) is 13.6. The Labute approximate surface area is 175 Å². The maximum Gasteiger partial charge on any atom is 0.421 e. The number of hydrogen-bond donors (Lipinski definition) is 1. The molecule has 1 atom stereocenters. The number of nitrogens with zero attached hydrogens (tertiary/aromatic N) is 1.